The van der Waals surface area contributed by atoms with Gasteiger partial charge in [-0.2, -0.15) is 0 Å². The molecule has 166 valence electrons. The molecule has 1 aliphatic heterocycles. The van der Waals surface area contributed by atoms with Gasteiger partial charge in [0.05, 0.1) is 34.9 Å². The molecule has 3 heterocycles. The van der Waals surface area contributed by atoms with Crippen LogP contribution in [0.3, 0.4) is 0 Å². The van der Waals surface area contributed by atoms with Crippen LogP contribution in [-0.4, -0.2) is 37.4 Å². The Hall–Kier alpha value is -2.97. The molecule has 4 aromatic rings. The molecule has 0 amide bonds. The molecule has 0 radical (unpaired) electrons. The molecule has 5 rings (SSSR count). The number of fused-ring (bicyclic) bond motifs is 1. The third-order valence-corrected chi connectivity index (χ3v) is 6.60. The fraction of sp³-hybridized carbons (Fsp3) is 0.292. The summed E-state index contributed by atoms with van der Waals surface area (Å²) >= 11 is 3.57. The van der Waals surface area contributed by atoms with E-state index in [2.05, 4.69) is 59.2 Å². The zero-order valence-electron chi connectivity index (χ0n) is 18.2. The second-order valence-corrected chi connectivity index (χ2v) is 8.59. The van der Waals surface area contributed by atoms with Crippen molar-refractivity contribution in [3.05, 3.63) is 76.0 Å². The topological polar surface area (TPSA) is 102 Å². The van der Waals surface area contributed by atoms with Crippen molar-refractivity contribution in [2.45, 2.75) is 39.2 Å². The lowest BCUT2D eigenvalue weighted by atomic mass is 9.91. The Balaban J connectivity index is 0.000000153. The van der Waals surface area contributed by atoms with Gasteiger partial charge in [-0.25, -0.2) is 9.97 Å². The molecule has 0 unspecified atom stereocenters. The summed E-state index contributed by atoms with van der Waals surface area (Å²) in [6.07, 6.45) is 7.41. The molecule has 4 N–H and O–H groups in total. The summed E-state index contributed by atoms with van der Waals surface area (Å²) in [5.74, 6) is 1.34. The Kier molecular flexibility index (Phi) is 7.02. The van der Waals surface area contributed by atoms with Crippen molar-refractivity contribution >= 4 is 38.5 Å². The van der Waals surface area contributed by atoms with Gasteiger partial charge in [0.25, 0.3) is 0 Å². The Bertz CT molecular complexity index is 1210. The zero-order valence-corrected chi connectivity index (χ0v) is 19.8. The summed E-state index contributed by atoms with van der Waals surface area (Å²) in [7, 11) is 0. The highest BCUT2D eigenvalue weighted by Crippen LogP contribution is 2.30. The maximum absolute atomic E-state index is 9.24. The Labute approximate surface area is 195 Å². The SMILES string of the molecule is Brc1c(NC2=NCCC2)ccc2[nH]cnc12.Cc1c(CO)cccc1[C@H](C)c1cnc[nH]1. The second-order valence-electron chi connectivity index (χ2n) is 7.80. The van der Waals surface area contributed by atoms with E-state index in [4.69, 9.17) is 0 Å². The first-order chi connectivity index (χ1) is 15.6. The van der Waals surface area contributed by atoms with Crippen LogP contribution in [0.15, 0.2) is 58.6 Å². The molecular formula is C24H27BrN6O. The molecule has 2 aromatic heterocycles. The molecule has 0 saturated carbocycles. The van der Waals surface area contributed by atoms with Crippen LogP contribution in [0.25, 0.3) is 11.0 Å². The number of nitrogens with one attached hydrogen (secondary N) is 3. The van der Waals surface area contributed by atoms with Crippen LogP contribution in [-0.2, 0) is 6.61 Å². The van der Waals surface area contributed by atoms with Gasteiger partial charge in [0.1, 0.15) is 11.4 Å². The van der Waals surface area contributed by atoms with Gasteiger partial charge >= 0.3 is 0 Å². The number of aliphatic imine (C=N–C) groups is 1. The molecule has 7 nitrogen and oxygen atoms in total. The number of nitrogens with zero attached hydrogens (tertiary/aromatic N) is 3. The van der Waals surface area contributed by atoms with Gasteiger partial charge in [0.2, 0.25) is 0 Å². The average molecular weight is 495 g/mol. The molecule has 8 heteroatoms. The summed E-state index contributed by atoms with van der Waals surface area (Å²) in [6, 6.07) is 10.1. The lowest BCUT2D eigenvalue weighted by Gasteiger charge is -2.15. The minimum Gasteiger partial charge on any atom is -0.392 e. The van der Waals surface area contributed by atoms with E-state index in [0.29, 0.717) is 0 Å². The van der Waals surface area contributed by atoms with E-state index in [-0.39, 0.29) is 12.5 Å². The minimum absolute atomic E-state index is 0.0926. The third-order valence-electron chi connectivity index (χ3n) is 5.79. The molecule has 0 bridgehead atoms. The number of rotatable bonds is 4. The Morgan fingerprint density at radius 1 is 1.19 bits per heavy atom. The van der Waals surface area contributed by atoms with E-state index in [1.807, 2.05) is 37.4 Å². The average Bonchev–Trinajstić information content (AvgIpc) is 3.58. The Morgan fingerprint density at radius 2 is 2.06 bits per heavy atom. The standard InChI is InChI=1S/C13H16N2O.C11H11BrN4/c1-9-11(7-16)4-3-5-12(9)10(2)13-6-14-8-15-13;12-10-7(16-9-2-1-5-13-9)3-4-8-11(10)15-6-14-8/h3-6,8,10,16H,7H2,1-2H3,(H,14,15);3-4,6H,1-2,5H2,(H,13,16)(H,14,15)/t10-;/m0./s1. The largest absolute Gasteiger partial charge is 0.392 e. The van der Waals surface area contributed by atoms with Crippen LogP contribution in [0.2, 0.25) is 0 Å². The first kappa shape index (κ1) is 22.2. The van der Waals surface area contributed by atoms with Crippen molar-refractivity contribution in [3.8, 4) is 0 Å². The monoisotopic (exact) mass is 494 g/mol. The molecular weight excluding hydrogens is 468 g/mol. The maximum Gasteiger partial charge on any atom is 0.105 e. The van der Waals surface area contributed by atoms with Crippen LogP contribution in [0.5, 0.6) is 0 Å². The summed E-state index contributed by atoms with van der Waals surface area (Å²) < 4.78 is 0.987. The first-order valence-corrected chi connectivity index (χ1v) is 11.5. The third kappa shape index (κ3) is 4.76. The maximum atomic E-state index is 9.24. The van der Waals surface area contributed by atoms with Crippen LogP contribution < -0.4 is 5.32 Å². The molecule has 2 aromatic carbocycles. The van der Waals surface area contributed by atoms with Crippen molar-refractivity contribution < 1.29 is 5.11 Å². The number of H-pyrrole nitrogens is 2. The Morgan fingerprint density at radius 3 is 2.78 bits per heavy atom. The number of aromatic amines is 2. The van der Waals surface area contributed by atoms with Crippen molar-refractivity contribution in [1.29, 1.82) is 0 Å². The number of aromatic nitrogens is 4. The van der Waals surface area contributed by atoms with Crippen molar-refractivity contribution in [2.75, 3.05) is 11.9 Å². The lowest BCUT2D eigenvalue weighted by molar-refractivity contribution is 0.281. The zero-order chi connectivity index (χ0) is 22.5. The molecule has 1 aliphatic rings. The second kappa shape index (κ2) is 10.1. The lowest BCUT2D eigenvalue weighted by Crippen LogP contribution is -2.08. The molecule has 32 heavy (non-hydrogen) atoms. The van der Waals surface area contributed by atoms with Crippen LogP contribution in [0.1, 0.15) is 48.1 Å². The van der Waals surface area contributed by atoms with Crippen molar-refractivity contribution in [2.24, 2.45) is 4.99 Å². The smallest absolute Gasteiger partial charge is 0.105 e. The number of aliphatic hydroxyl groups excluding tert-OH is 1. The number of imidazole rings is 2. The van der Waals surface area contributed by atoms with E-state index < -0.39 is 0 Å². The van der Waals surface area contributed by atoms with Gasteiger partial charge in [-0.1, -0.05) is 25.1 Å². The van der Waals surface area contributed by atoms with Gasteiger partial charge in [0, 0.05) is 30.8 Å². The van der Waals surface area contributed by atoms with Crippen LogP contribution >= 0.6 is 15.9 Å². The van der Waals surface area contributed by atoms with E-state index in [9.17, 15) is 5.11 Å². The predicted octanol–water partition coefficient (Wildman–Crippen LogP) is 5.29. The molecule has 0 aliphatic carbocycles. The van der Waals surface area contributed by atoms with E-state index in [0.717, 1.165) is 63.2 Å². The number of benzene rings is 2. The van der Waals surface area contributed by atoms with Crippen molar-refractivity contribution in [3.63, 3.8) is 0 Å². The summed E-state index contributed by atoms with van der Waals surface area (Å²) in [5.41, 5.74) is 7.49. The van der Waals surface area contributed by atoms with Gasteiger partial charge in [-0.3, -0.25) is 4.99 Å². The molecule has 0 spiro atoms. The molecule has 1 atom stereocenters. The molecule has 0 fully saturated rings. The normalized spacial score (nSPS) is 14.1. The van der Waals surface area contributed by atoms with Crippen LogP contribution in [0.4, 0.5) is 5.69 Å². The van der Waals surface area contributed by atoms with Gasteiger partial charge < -0.3 is 20.4 Å². The van der Waals surface area contributed by atoms with Gasteiger partial charge in [-0.15, -0.1) is 0 Å². The van der Waals surface area contributed by atoms with Crippen molar-refractivity contribution in [1.82, 2.24) is 19.9 Å². The van der Waals surface area contributed by atoms with Gasteiger partial charge in [-0.05, 0) is 58.1 Å². The predicted molar refractivity (Wildman–Crippen MR) is 132 cm³/mol. The fourth-order valence-electron chi connectivity index (χ4n) is 3.88. The number of aliphatic hydroxyl groups is 1. The van der Waals surface area contributed by atoms with E-state index in [1.165, 1.54) is 5.56 Å². The molecule has 0 saturated heterocycles. The number of anilines is 1. The summed E-state index contributed by atoms with van der Waals surface area (Å²) in [6.45, 7) is 5.21. The quantitative estimate of drug-likeness (QED) is 0.309. The summed E-state index contributed by atoms with van der Waals surface area (Å²) in [5, 5.41) is 12.6. The number of amidine groups is 1. The highest BCUT2D eigenvalue weighted by Gasteiger charge is 2.14. The number of halogens is 1. The highest BCUT2D eigenvalue weighted by molar-refractivity contribution is 9.10. The van der Waals surface area contributed by atoms with Crippen LogP contribution in [0, 0.1) is 6.92 Å². The van der Waals surface area contributed by atoms with Gasteiger partial charge in [0.15, 0.2) is 0 Å². The van der Waals surface area contributed by atoms with E-state index >= 15 is 0 Å². The summed E-state index contributed by atoms with van der Waals surface area (Å²) in [4.78, 5) is 18.9. The first-order valence-electron chi connectivity index (χ1n) is 10.7. The number of hydrogen-bond acceptors (Lipinski definition) is 5. The number of hydrogen-bond donors (Lipinski definition) is 4. The highest BCUT2D eigenvalue weighted by atomic mass is 79.9. The van der Waals surface area contributed by atoms with E-state index in [1.54, 1.807) is 12.7 Å². The minimum atomic E-state index is 0.0926. The fourth-order valence-corrected chi connectivity index (χ4v) is 4.43.